The third-order valence-electron chi connectivity index (χ3n) is 2.59. The van der Waals surface area contributed by atoms with Crippen molar-refractivity contribution in [1.29, 1.82) is 0 Å². The van der Waals surface area contributed by atoms with Crippen molar-refractivity contribution in [3.05, 3.63) is 45.6 Å². The van der Waals surface area contributed by atoms with Gasteiger partial charge in [0.1, 0.15) is 0 Å². The second-order valence-electron chi connectivity index (χ2n) is 3.79. The van der Waals surface area contributed by atoms with E-state index in [0.717, 1.165) is 8.83 Å². The fraction of sp³-hybridized carbons (Fsp3) is 0.0769. The Labute approximate surface area is 112 Å². The van der Waals surface area contributed by atoms with Gasteiger partial charge in [0, 0.05) is 0 Å². The van der Waals surface area contributed by atoms with Gasteiger partial charge in [-0.3, -0.25) is 0 Å². The van der Waals surface area contributed by atoms with Crippen LogP contribution in [0.5, 0.6) is 5.75 Å². The van der Waals surface area contributed by atoms with Crippen LogP contribution in [-0.4, -0.2) is 18.7 Å². The van der Waals surface area contributed by atoms with Crippen molar-refractivity contribution in [3.63, 3.8) is 0 Å². The molecule has 1 aliphatic rings. The standard InChI is InChI=1S/C7H7O.C6H3O2.Hg/c1-8-7-5-3-2-4-6-7;7-5-1-2-6(8)4-3-5;/h3-6H,1H3;1-3H;. The van der Waals surface area contributed by atoms with E-state index in [4.69, 9.17) is 4.74 Å². The van der Waals surface area contributed by atoms with E-state index in [-0.39, 0.29) is 11.6 Å². The topological polar surface area (TPSA) is 43.4 Å². The van der Waals surface area contributed by atoms with Gasteiger partial charge in [0.25, 0.3) is 0 Å². The van der Waals surface area contributed by atoms with Crippen LogP contribution >= 0.6 is 0 Å². The number of hydrogen-bond donors (Lipinski definition) is 0. The Bertz CT molecular complexity index is 512. The quantitative estimate of drug-likeness (QED) is 0.547. The van der Waals surface area contributed by atoms with Crippen LogP contribution in [0.4, 0.5) is 0 Å². The maximum atomic E-state index is 11.6. The first-order chi connectivity index (χ1) is 8.19. The van der Waals surface area contributed by atoms with E-state index in [1.165, 1.54) is 21.3 Å². The van der Waals surface area contributed by atoms with E-state index in [2.05, 4.69) is 0 Å². The molecule has 0 radical (unpaired) electrons. The zero-order chi connectivity index (χ0) is 12.3. The van der Waals surface area contributed by atoms with Gasteiger partial charge in [-0.2, -0.15) is 0 Å². The second-order valence-corrected chi connectivity index (χ2v) is 11.3. The molecule has 2 rings (SSSR count). The molecule has 0 N–H and O–H groups in total. The zero-order valence-electron chi connectivity index (χ0n) is 9.47. The predicted molar refractivity (Wildman–Crippen MR) is 59.9 cm³/mol. The minimum atomic E-state index is -1.68. The van der Waals surface area contributed by atoms with Crippen LogP contribution in [0.1, 0.15) is 0 Å². The SMILES string of the molecule is COc1cc[c]([Hg][C]2=CC(=O)C=CC2=O)cc1. The monoisotopic (exact) mass is 416 g/mol. The molecule has 0 saturated carbocycles. The number of methoxy groups -OCH3 is 1. The van der Waals surface area contributed by atoms with Crippen molar-refractivity contribution in [1.82, 2.24) is 0 Å². The Balaban J connectivity index is 2.15. The fourth-order valence-corrected chi connectivity index (χ4v) is 7.51. The van der Waals surface area contributed by atoms with Gasteiger partial charge in [-0.05, 0) is 0 Å². The first-order valence-corrected chi connectivity index (χ1v) is 10.8. The Hall–Kier alpha value is -1.22. The van der Waals surface area contributed by atoms with Gasteiger partial charge in [0.15, 0.2) is 0 Å². The van der Waals surface area contributed by atoms with E-state index in [1.807, 2.05) is 24.3 Å². The molecule has 0 aliphatic heterocycles. The van der Waals surface area contributed by atoms with Crippen LogP contribution in [0.3, 0.4) is 0 Å². The summed E-state index contributed by atoms with van der Waals surface area (Å²) in [6.45, 7) is 0. The number of carbonyl (C=O) groups is 2. The van der Waals surface area contributed by atoms with Gasteiger partial charge in [-0.25, -0.2) is 0 Å². The summed E-state index contributed by atoms with van der Waals surface area (Å²) in [7, 11) is 1.62. The van der Waals surface area contributed by atoms with Crippen LogP contribution in [0.2, 0.25) is 0 Å². The van der Waals surface area contributed by atoms with Crippen LogP contribution in [0.25, 0.3) is 0 Å². The molecule has 1 aromatic carbocycles. The second kappa shape index (κ2) is 5.41. The molecule has 0 unspecified atom stereocenters. The van der Waals surface area contributed by atoms with Gasteiger partial charge < -0.3 is 0 Å². The Morgan fingerprint density at radius 3 is 2.41 bits per heavy atom. The van der Waals surface area contributed by atoms with Crippen molar-refractivity contribution in [2.75, 3.05) is 7.11 Å². The van der Waals surface area contributed by atoms with E-state index in [0.29, 0.717) is 0 Å². The van der Waals surface area contributed by atoms with Gasteiger partial charge in [-0.1, -0.05) is 0 Å². The molecule has 0 spiro atoms. The molecule has 4 heteroatoms. The normalized spacial score (nSPS) is 14.3. The molecule has 0 saturated heterocycles. The van der Waals surface area contributed by atoms with Crippen molar-refractivity contribution < 1.29 is 38.9 Å². The molecule has 3 nitrogen and oxygen atoms in total. The summed E-state index contributed by atoms with van der Waals surface area (Å²) in [6, 6.07) is 7.75. The maximum absolute atomic E-state index is 11.6. The molecule has 0 aromatic heterocycles. The molecule has 0 fully saturated rings. The van der Waals surface area contributed by atoms with E-state index >= 15 is 0 Å². The van der Waals surface area contributed by atoms with Crippen molar-refractivity contribution in [2.45, 2.75) is 0 Å². The van der Waals surface area contributed by atoms with Crippen LogP contribution in [0.15, 0.2) is 45.6 Å². The van der Waals surface area contributed by atoms with E-state index in [9.17, 15) is 9.59 Å². The number of rotatable bonds is 3. The summed E-state index contributed by atoms with van der Waals surface area (Å²) in [5.74, 6) is 0.734. The number of ketones is 2. The third-order valence-corrected chi connectivity index (χ3v) is 9.63. The molecule has 0 heterocycles. The minimum absolute atomic E-state index is 0.00193. The van der Waals surface area contributed by atoms with E-state index in [1.54, 1.807) is 7.11 Å². The summed E-state index contributed by atoms with van der Waals surface area (Å²) in [6.07, 6.45) is 4.20. The number of allylic oxidation sites excluding steroid dienone is 4. The van der Waals surface area contributed by atoms with Gasteiger partial charge >= 0.3 is 112 Å². The molecule has 0 atom stereocenters. The van der Waals surface area contributed by atoms with Crippen LogP contribution in [-0.2, 0) is 34.2 Å². The van der Waals surface area contributed by atoms with Crippen molar-refractivity contribution in [3.8, 4) is 5.75 Å². The molecule has 0 amide bonds. The Morgan fingerprint density at radius 2 is 1.76 bits per heavy atom. The van der Waals surface area contributed by atoms with E-state index < -0.39 is 24.6 Å². The summed E-state index contributed by atoms with van der Waals surface area (Å²) in [5.41, 5.74) is 0. The summed E-state index contributed by atoms with van der Waals surface area (Å²) < 4.78 is 7.03. The number of carbonyl (C=O) groups excluding carboxylic acids is 2. The Kier molecular flexibility index (Phi) is 3.89. The summed E-state index contributed by atoms with van der Waals surface area (Å²) in [5, 5.41) is 0. The molecule has 1 aliphatic carbocycles. The molecule has 0 bridgehead atoms. The summed E-state index contributed by atoms with van der Waals surface area (Å²) >= 11 is -1.68. The molecule has 17 heavy (non-hydrogen) atoms. The number of ether oxygens (including phenoxy) is 1. The Morgan fingerprint density at radius 1 is 1.06 bits per heavy atom. The van der Waals surface area contributed by atoms with Gasteiger partial charge in [-0.15, -0.1) is 0 Å². The van der Waals surface area contributed by atoms with Gasteiger partial charge in [0.05, 0.1) is 0 Å². The number of benzene rings is 1. The zero-order valence-corrected chi connectivity index (χ0v) is 15.0. The average Bonchev–Trinajstić information content (AvgIpc) is 2.35. The molecular formula is C13H10HgO3. The fourth-order valence-electron chi connectivity index (χ4n) is 1.66. The molecule has 82 valence electrons. The first kappa shape index (κ1) is 12.2. The summed E-state index contributed by atoms with van der Waals surface area (Å²) in [4.78, 5) is 22.8. The van der Waals surface area contributed by atoms with Crippen LogP contribution < -0.4 is 7.81 Å². The first-order valence-electron chi connectivity index (χ1n) is 5.29. The van der Waals surface area contributed by atoms with Crippen molar-refractivity contribution in [2.24, 2.45) is 0 Å². The molecular weight excluding hydrogens is 405 g/mol. The predicted octanol–water partition coefficient (Wildman–Crippen LogP) is 0.995. The number of hydrogen-bond acceptors (Lipinski definition) is 3. The van der Waals surface area contributed by atoms with Crippen LogP contribution in [0, 0.1) is 0 Å². The average molecular weight is 415 g/mol. The van der Waals surface area contributed by atoms with Crippen molar-refractivity contribution >= 4 is 14.6 Å². The molecule has 1 aromatic rings. The van der Waals surface area contributed by atoms with Gasteiger partial charge in [0.2, 0.25) is 0 Å². The third kappa shape index (κ3) is 3.13.